The Morgan fingerprint density at radius 2 is 1.71 bits per heavy atom. The van der Waals surface area contributed by atoms with Gasteiger partial charge in [0, 0.05) is 26.2 Å². The molecule has 4 fully saturated rings. The fourth-order valence-corrected chi connectivity index (χ4v) is 9.64. The number of Topliss-reactive ketones (excluding diaryl/α,β-unsaturated/α-hetero) is 1. The van der Waals surface area contributed by atoms with Crippen molar-refractivity contribution < 1.29 is 23.9 Å². The maximum absolute atomic E-state index is 14.0. The van der Waals surface area contributed by atoms with Gasteiger partial charge < -0.3 is 9.47 Å². The first-order valence-corrected chi connectivity index (χ1v) is 12.8. The number of carbonyl (C=O) groups is 3. The number of ketones is 1. The van der Waals surface area contributed by atoms with Crippen molar-refractivity contribution in [1.29, 1.82) is 0 Å². The minimum Gasteiger partial charge on any atom is -0.463 e. The third kappa shape index (κ3) is 3.41. The van der Waals surface area contributed by atoms with Crippen LogP contribution < -0.4 is 0 Å². The summed E-state index contributed by atoms with van der Waals surface area (Å²) in [5, 5.41) is 0. The summed E-state index contributed by atoms with van der Waals surface area (Å²) in [4.78, 5) is 37.0. The molecule has 31 heavy (non-hydrogen) atoms. The standard InChI is InChI=1S/C25H37BrO5/c1-14(30-15(2)27)19-8-9-20-21-7-6-17-12-18(31-16(3)28)10-11-24(17,5)25(21,26)22(29)13-23(19,20)4/h14,17-21H,6-13H2,1-5H3/t14-,17+,18+,19-,20+,21+,23-,24+,25+/m1/s1. The van der Waals surface area contributed by atoms with E-state index in [1.807, 2.05) is 6.92 Å². The Morgan fingerprint density at radius 3 is 2.35 bits per heavy atom. The molecule has 0 aromatic rings. The van der Waals surface area contributed by atoms with E-state index in [4.69, 9.17) is 9.47 Å². The molecule has 0 bridgehead atoms. The molecule has 4 aliphatic carbocycles. The first-order chi connectivity index (χ1) is 14.4. The van der Waals surface area contributed by atoms with E-state index in [0.29, 0.717) is 30.0 Å². The fourth-order valence-electron chi connectivity index (χ4n) is 8.43. The molecule has 4 saturated carbocycles. The third-order valence-corrected chi connectivity index (χ3v) is 11.7. The van der Waals surface area contributed by atoms with E-state index in [2.05, 4.69) is 29.8 Å². The molecule has 5 nitrogen and oxygen atoms in total. The highest BCUT2D eigenvalue weighted by Gasteiger charge is 2.70. The van der Waals surface area contributed by atoms with Crippen LogP contribution in [0, 0.1) is 34.5 Å². The van der Waals surface area contributed by atoms with Gasteiger partial charge in [0.15, 0.2) is 5.78 Å². The second kappa shape index (κ2) is 7.85. The van der Waals surface area contributed by atoms with Crippen molar-refractivity contribution in [3.63, 3.8) is 0 Å². The predicted molar refractivity (Wildman–Crippen MR) is 121 cm³/mol. The second-order valence-electron chi connectivity index (χ2n) is 11.2. The SMILES string of the molecule is CC(=O)O[C@H]1CC[C@@]2(C)[C@@H](CC[C@H]3[C@@H]4CC[C@H]([C@@H](C)OC(C)=O)[C@@]4(C)CC(=O)[C@@]32Br)C1. The summed E-state index contributed by atoms with van der Waals surface area (Å²) < 4.78 is 10.6. The molecule has 9 atom stereocenters. The lowest BCUT2D eigenvalue weighted by atomic mass is 9.44. The lowest BCUT2D eigenvalue weighted by molar-refractivity contribution is -0.165. The first kappa shape index (κ1) is 23.3. The number of esters is 2. The molecule has 0 N–H and O–H groups in total. The van der Waals surface area contributed by atoms with Crippen molar-refractivity contribution in [2.75, 3.05) is 0 Å². The highest BCUT2D eigenvalue weighted by Crippen LogP contribution is 2.71. The van der Waals surface area contributed by atoms with Crippen LogP contribution in [0.3, 0.4) is 0 Å². The van der Waals surface area contributed by atoms with Gasteiger partial charge in [-0.25, -0.2) is 0 Å². The van der Waals surface area contributed by atoms with Gasteiger partial charge in [-0.3, -0.25) is 14.4 Å². The summed E-state index contributed by atoms with van der Waals surface area (Å²) in [7, 11) is 0. The van der Waals surface area contributed by atoms with Crippen molar-refractivity contribution >= 4 is 33.7 Å². The average Bonchev–Trinajstić information content (AvgIpc) is 2.99. The Balaban J connectivity index is 1.62. The molecule has 0 saturated heterocycles. The van der Waals surface area contributed by atoms with Crippen LogP contribution >= 0.6 is 15.9 Å². The van der Waals surface area contributed by atoms with Crippen LogP contribution in [-0.2, 0) is 23.9 Å². The van der Waals surface area contributed by atoms with Crippen LogP contribution in [0.25, 0.3) is 0 Å². The molecule has 0 aromatic carbocycles. The van der Waals surface area contributed by atoms with E-state index in [0.717, 1.165) is 44.9 Å². The van der Waals surface area contributed by atoms with Gasteiger partial charge in [0.25, 0.3) is 0 Å². The van der Waals surface area contributed by atoms with E-state index in [9.17, 15) is 14.4 Å². The maximum Gasteiger partial charge on any atom is 0.302 e. The second-order valence-corrected chi connectivity index (χ2v) is 12.5. The smallest absolute Gasteiger partial charge is 0.302 e. The molecular formula is C25H37BrO5. The van der Waals surface area contributed by atoms with Gasteiger partial charge in [0.2, 0.25) is 0 Å². The molecule has 0 heterocycles. The number of hydrogen-bond acceptors (Lipinski definition) is 5. The van der Waals surface area contributed by atoms with E-state index in [1.54, 1.807) is 0 Å². The number of alkyl halides is 1. The number of ether oxygens (including phenoxy) is 2. The molecule has 0 aromatic heterocycles. The molecule has 4 rings (SSSR count). The van der Waals surface area contributed by atoms with Crippen molar-refractivity contribution in [1.82, 2.24) is 0 Å². The zero-order valence-corrected chi connectivity index (χ0v) is 21.1. The lowest BCUT2D eigenvalue weighted by Crippen LogP contribution is -2.67. The number of halogens is 1. The molecule has 0 radical (unpaired) electrons. The van der Waals surface area contributed by atoms with Crippen LogP contribution in [0.15, 0.2) is 0 Å². The Kier molecular flexibility index (Phi) is 5.89. The normalized spacial score (nSPS) is 47.5. The molecule has 4 aliphatic rings. The Morgan fingerprint density at radius 1 is 1.03 bits per heavy atom. The molecule has 0 amide bonds. The quantitative estimate of drug-likeness (QED) is 0.395. The van der Waals surface area contributed by atoms with Crippen LogP contribution in [0.1, 0.15) is 86.0 Å². The van der Waals surface area contributed by atoms with Gasteiger partial charge in [0.05, 0.1) is 4.32 Å². The molecular weight excluding hydrogens is 460 g/mol. The zero-order valence-electron chi connectivity index (χ0n) is 19.5. The zero-order chi connectivity index (χ0) is 22.8. The Bertz CT molecular complexity index is 782. The number of carbonyl (C=O) groups excluding carboxylic acids is 3. The molecule has 0 aliphatic heterocycles. The van der Waals surface area contributed by atoms with Gasteiger partial charge in [-0.05, 0) is 80.5 Å². The topological polar surface area (TPSA) is 69.7 Å². The summed E-state index contributed by atoms with van der Waals surface area (Å²) in [6.45, 7) is 9.52. The van der Waals surface area contributed by atoms with Crippen LogP contribution in [-0.4, -0.2) is 34.3 Å². The third-order valence-electron chi connectivity index (χ3n) is 9.77. The average molecular weight is 497 g/mol. The van der Waals surface area contributed by atoms with Gasteiger partial charge >= 0.3 is 11.9 Å². The lowest BCUT2D eigenvalue weighted by Gasteiger charge is -2.64. The maximum atomic E-state index is 14.0. The summed E-state index contributed by atoms with van der Waals surface area (Å²) in [5.41, 5.74) is -0.239. The highest BCUT2D eigenvalue weighted by atomic mass is 79.9. The minimum atomic E-state index is -0.506. The van der Waals surface area contributed by atoms with Gasteiger partial charge in [-0.2, -0.15) is 0 Å². The summed E-state index contributed by atoms with van der Waals surface area (Å²) in [6.07, 6.45) is 7.17. The highest BCUT2D eigenvalue weighted by molar-refractivity contribution is 9.10. The summed E-state index contributed by atoms with van der Waals surface area (Å²) in [5.74, 6) is 1.25. The van der Waals surface area contributed by atoms with Gasteiger partial charge in [0.1, 0.15) is 12.2 Å². The van der Waals surface area contributed by atoms with Crippen LogP contribution in [0.5, 0.6) is 0 Å². The number of fused-ring (bicyclic) bond motifs is 5. The Labute approximate surface area is 194 Å². The molecule has 6 heteroatoms. The van der Waals surface area contributed by atoms with Crippen LogP contribution in [0.2, 0.25) is 0 Å². The van der Waals surface area contributed by atoms with E-state index < -0.39 is 4.32 Å². The summed E-state index contributed by atoms with van der Waals surface area (Å²) >= 11 is 4.12. The number of hydrogen-bond donors (Lipinski definition) is 0. The van der Waals surface area contributed by atoms with Crippen molar-refractivity contribution in [3.05, 3.63) is 0 Å². The van der Waals surface area contributed by atoms with Crippen molar-refractivity contribution in [2.24, 2.45) is 34.5 Å². The Hall–Kier alpha value is -0.910. The largest absolute Gasteiger partial charge is 0.463 e. The number of rotatable bonds is 3. The minimum absolute atomic E-state index is 0.0207. The molecule has 0 spiro atoms. The molecule has 174 valence electrons. The monoisotopic (exact) mass is 496 g/mol. The van der Waals surface area contributed by atoms with Crippen LogP contribution in [0.4, 0.5) is 0 Å². The summed E-state index contributed by atoms with van der Waals surface area (Å²) in [6, 6.07) is 0. The van der Waals surface area contributed by atoms with Crippen molar-refractivity contribution in [2.45, 2.75) is 103 Å². The predicted octanol–water partition coefficient (Wildman–Crippen LogP) is 5.23. The van der Waals surface area contributed by atoms with E-state index in [-0.39, 0.29) is 40.9 Å². The van der Waals surface area contributed by atoms with Gasteiger partial charge in [-0.15, -0.1) is 0 Å². The van der Waals surface area contributed by atoms with E-state index >= 15 is 0 Å². The fraction of sp³-hybridized carbons (Fsp3) is 0.880. The van der Waals surface area contributed by atoms with Gasteiger partial charge in [-0.1, -0.05) is 29.8 Å². The first-order valence-electron chi connectivity index (χ1n) is 12.0. The molecule has 0 unspecified atom stereocenters. The van der Waals surface area contributed by atoms with Crippen molar-refractivity contribution in [3.8, 4) is 0 Å². The van der Waals surface area contributed by atoms with E-state index in [1.165, 1.54) is 13.8 Å².